The fraction of sp³-hybridized carbons (Fsp3) is 0.375. The summed E-state index contributed by atoms with van der Waals surface area (Å²) < 4.78 is 95.6. The lowest BCUT2D eigenvalue weighted by atomic mass is 9.86. The topological polar surface area (TPSA) is 268 Å². The molecule has 4 aromatic heterocycles. The number of benzene rings is 2. The van der Waals surface area contributed by atoms with E-state index in [1.165, 1.54) is 48.7 Å². The molecule has 0 amide bonds. The SMILES string of the molecule is Fc1ccccn1.NC1CCC(CNc2nc(NCc3ccccc3OC(F)(F)F)ncc2[N+](=O)[O-])CC1.O=[N+]([O-])c1cnc(NCc2ccccc2OC(F)(F)F)nc1NCC1CCC(Nc2ccccn2)CC1. The number of halogens is 7. The summed E-state index contributed by atoms with van der Waals surface area (Å²) in [7, 11) is 0. The average Bonchev–Trinajstić information content (AvgIpc) is 3.38. The smallest absolute Gasteiger partial charge is 0.405 e. The molecule has 27 heteroatoms. The second-order valence-corrected chi connectivity index (χ2v) is 17.2. The van der Waals surface area contributed by atoms with E-state index in [1.807, 2.05) is 18.2 Å². The van der Waals surface area contributed by atoms with Crippen LogP contribution in [0, 0.1) is 38.0 Å². The van der Waals surface area contributed by atoms with Gasteiger partial charge in [-0.3, -0.25) is 20.2 Å². The number of anilines is 5. The number of hydrogen-bond acceptors (Lipinski definition) is 18. The van der Waals surface area contributed by atoms with Gasteiger partial charge in [0.1, 0.15) is 29.7 Å². The molecule has 0 radical (unpaired) electrons. The number of nitro groups is 2. The molecule has 0 spiro atoms. The number of para-hydroxylation sites is 2. The maximum atomic E-state index is 12.7. The number of hydrogen-bond donors (Lipinski definition) is 6. The first kappa shape index (κ1) is 56.1. The molecule has 4 heterocycles. The first-order valence-corrected chi connectivity index (χ1v) is 23.5. The zero-order valence-electron chi connectivity index (χ0n) is 39.9. The van der Waals surface area contributed by atoms with Crippen molar-refractivity contribution < 1.29 is 50.1 Å². The Balaban J connectivity index is 0.000000218. The number of ether oxygens (including phenoxy) is 2. The molecule has 2 aliphatic carbocycles. The van der Waals surface area contributed by atoms with Gasteiger partial charge in [-0.25, -0.2) is 19.9 Å². The van der Waals surface area contributed by atoms with Gasteiger partial charge in [-0.15, -0.1) is 26.3 Å². The Labute approximate surface area is 424 Å². The molecular formula is C48H53F7N14O6. The minimum absolute atomic E-state index is 0.0400. The van der Waals surface area contributed by atoms with Crippen molar-refractivity contribution in [2.45, 2.75) is 89.3 Å². The second kappa shape index (κ2) is 27.2. The third kappa shape index (κ3) is 19.3. The molecule has 400 valence electrons. The minimum Gasteiger partial charge on any atom is -0.405 e. The number of alkyl halides is 6. The van der Waals surface area contributed by atoms with Crippen LogP contribution in [0.3, 0.4) is 0 Å². The molecule has 0 aliphatic heterocycles. The molecule has 2 aromatic carbocycles. The molecule has 2 aliphatic rings. The van der Waals surface area contributed by atoms with Crippen molar-refractivity contribution >= 4 is 40.7 Å². The van der Waals surface area contributed by atoms with E-state index in [-0.39, 0.29) is 76.7 Å². The summed E-state index contributed by atoms with van der Waals surface area (Å²) in [5.74, 6) is 0.535. The van der Waals surface area contributed by atoms with Crippen molar-refractivity contribution in [2.75, 3.05) is 39.7 Å². The van der Waals surface area contributed by atoms with Crippen molar-refractivity contribution in [1.82, 2.24) is 29.9 Å². The van der Waals surface area contributed by atoms with Crippen LogP contribution in [-0.2, 0) is 13.1 Å². The Morgan fingerprint density at radius 3 is 1.41 bits per heavy atom. The van der Waals surface area contributed by atoms with E-state index < -0.39 is 28.5 Å². The molecule has 8 rings (SSSR count). The Kier molecular flexibility index (Phi) is 20.3. The molecule has 7 N–H and O–H groups in total. The first-order valence-electron chi connectivity index (χ1n) is 23.5. The van der Waals surface area contributed by atoms with Gasteiger partial charge in [0.05, 0.1) is 9.85 Å². The summed E-state index contributed by atoms with van der Waals surface area (Å²) in [5.41, 5.74) is 5.80. The first-order chi connectivity index (χ1) is 35.9. The predicted octanol–water partition coefficient (Wildman–Crippen LogP) is 10.4. The summed E-state index contributed by atoms with van der Waals surface area (Å²) in [4.78, 5) is 45.4. The van der Waals surface area contributed by atoms with Crippen LogP contribution in [-0.4, -0.2) is 77.6 Å². The standard InChI is InChI=1S/C24H26F3N7O3.C19H23F3N6O3.C5H4FN/c25-24(26,27)37-20-6-2-1-5-17(20)14-30-23-31-15-19(34(35)36)22(33-23)29-13-16-8-10-18(11-9-16)32-21-7-3-4-12-28-21;20-19(21,22)31-16-4-2-1-3-13(16)10-25-18-26-11-15(28(29)30)17(27-18)24-9-12-5-7-14(23)8-6-12;6-5-3-1-2-4-7-5/h1-7,12,15-16,18H,8-11,13-14H2,(H,28,32)(H2,29,30,31,33);1-4,11-12,14H,5-10,23H2,(H2,24,25,26,27);1-4H. The van der Waals surface area contributed by atoms with Crippen LogP contribution >= 0.6 is 0 Å². The van der Waals surface area contributed by atoms with Crippen LogP contribution in [0.15, 0.2) is 110 Å². The van der Waals surface area contributed by atoms with Crippen LogP contribution in [0.5, 0.6) is 11.5 Å². The lowest BCUT2D eigenvalue weighted by Crippen LogP contribution is -2.29. The Morgan fingerprint density at radius 1 is 0.573 bits per heavy atom. The van der Waals surface area contributed by atoms with Gasteiger partial charge in [0.2, 0.25) is 29.5 Å². The minimum atomic E-state index is -4.83. The van der Waals surface area contributed by atoms with Crippen molar-refractivity contribution in [1.29, 1.82) is 0 Å². The summed E-state index contributed by atoms with van der Waals surface area (Å²) in [5, 5.41) is 37.9. The molecule has 0 bridgehead atoms. The number of nitrogens with two attached hydrogens (primary N) is 1. The van der Waals surface area contributed by atoms with Gasteiger partial charge in [0.15, 0.2) is 0 Å². The fourth-order valence-electron chi connectivity index (χ4n) is 7.93. The van der Waals surface area contributed by atoms with Gasteiger partial charge in [-0.05, 0) is 99.6 Å². The third-order valence-electron chi connectivity index (χ3n) is 11.7. The number of pyridine rings is 2. The van der Waals surface area contributed by atoms with E-state index in [0.29, 0.717) is 31.0 Å². The lowest BCUT2D eigenvalue weighted by molar-refractivity contribution is -0.384. The highest BCUT2D eigenvalue weighted by atomic mass is 19.4. The molecular weight excluding hydrogens is 1000 g/mol. The summed E-state index contributed by atoms with van der Waals surface area (Å²) in [6.07, 6.45) is 3.05. The van der Waals surface area contributed by atoms with Crippen LogP contribution in [0.4, 0.5) is 71.5 Å². The van der Waals surface area contributed by atoms with Crippen LogP contribution in [0.1, 0.15) is 62.5 Å². The normalized spacial score (nSPS) is 17.3. The second-order valence-electron chi connectivity index (χ2n) is 17.2. The highest BCUT2D eigenvalue weighted by Gasteiger charge is 2.33. The summed E-state index contributed by atoms with van der Waals surface area (Å²) in [6.45, 7) is 0.864. The zero-order valence-corrected chi connectivity index (χ0v) is 39.9. The highest BCUT2D eigenvalue weighted by molar-refractivity contribution is 5.58. The number of aromatic nitrogens is 6. The zero-order chi connectivity index (χ0) is 53.8. The summed E-state index contributed by atoms with van der Waals surface area (Å²) >= 11 is 0. The molecule has 6 aromatic rings. The third-order valence-corrected chi connectivity index (χ3v) is 11.7. The Hall–Kier alpha value is -8.23. The maximum Gasteiger partial charge on any atom is 0.573 e. The monoisotopic (exact) mass is 1050 g/mol. The van der Waals surface area contributed by atoms with Crippen LogP contribution in [0.2, 0.25) is 0 Å². The van der Waals surface area contributed by atoms with Crippen molar-refractivity contribution in [2.24, 2.45) is 17.6 Å². The van der Waals surface area contributed by atoms with E-state index in [0.717, 1.165) is 69.6 Å². The molecule has 0 saturated heterocycles. The molecule has 0 atom stereocenters. The molecule has 2 fully saturated rings. The lowest BCUT2D eigenvalue weighted by Gasteiger charge is -2.29. The summed E-state index contributed by atoms with van der Waals surface area (Å²) in [6, 6.07) is 22.1. The average molecular weight is 1060 g/mol. The fourth-order valence-corrected chi connectivity index (χ4v) is 7.93. The largest absolute Gasteiger partial charge is 0.573 e. The quantitative estimate of drug-likeness (QED) is 0.0202. The van der Waals surface area contributed by atoms with Gasteiger partial charge in [-0.2, -0.15) is 14.4 Å². The molecule has 75 heavy (non-hydrogen) atoms. The maximum absolute atomic E-state index is 12.7. The van der Waals surface area contributed by atoms with Gasteiger partial charge in [0, 0.05) is 61.8 Å². The van der Waals surface area contributed by atoms with Crippen LogP contribution in [0.25, 0.3) is 0 Å². The molecule has 2 saturated carbocycles. The molecule has 20 nitrogen and oxygen atoms in total. The van der Waals surface area contributed by atoms with E-state index >= 15 is 0 Å². The van der Waals surface area contributed by atoms with Crippen molar-refractivity contribution in [3.05, 3.63) is 147 Å². The van der Waals surface area contributed by atoms with E-state index in [4.69, 9.17) is 5.73 Å². The highest BCUT2D eigenvalue weighted by Crippen LogP contribution is 2.32. The van der Waals surface area contributed by atoms with E-state index in [2.05, 4.69) is 66.0 Å². The van der Waals surface area contributed by atoms with Gasteiger partial charge in [0.25, 0.3) is 0 Å². The predicted molar refractivity (Wildman–Crippen MR) is 263 cm³/mol. The van der Waals surface area contributed by atoms with Crippen molar-refractivity contribution in [3.63, 3.8) is 0 Å². The van der Waals surface area contributed by atoms with E-state index in [9.17, 15) is 51.0 Å². The number of nitrogens with one attached hydrogen (secondary N) is 5. The molecule has 0 unspecified atom stereocenters. The Bertz CT molecular complexity index is 2740. The van der Waals surface area contributed by atoms with E-state index in [1.54, 1.807) is 30.5 Å². The van der Waals surface area contributed by atoms with Gasteiger partial charge < -0.3 is 41.8 Å². The Morgan fingerprint density at radius 2 is 1.01 bits per heavy atom. The van der Waals surface area contributed by atoms with Gasteiger partial charge in [-0.1, -0.05) is 48.5 Å². The van der Waals surface area contributed by atoms with Crippen LogP contribution < -0.4 is 41.8 Å². The van der Waals surface area contributed by atoms with Gasteiger partial charge >= 0.3 is 24.1 Å². The number of rotatable bonds is 18. The number of nitrogens with zero attached hydrogens (tertiary/aromatic N) is 8. The van der Waals surface area contributed by atoms with Crippen molar-refractivity contribution in [3.8, 4) is 11.5 Å².